The van der Waals surface area contributed by atoms with E-state index in [1.54, 1.807) is 21.1 Å². The van der Waals surface area contributed by atoms with Crippen molar-refractivity contribution in [2.24, 2.45) is 0 Å². The second kappa shape index (κ2) is 13.0. The Morgan fingerprint density at radius 1 is 1.00 bits per heavy atom. The molecule has 4 aromatic rings. The number of nitrogens with zero attached hydrogens (tertiary/aromatic N) is 2. The summed E-state index contributed by atoms with van der Waals surface area (Å²) in [5.74, 6) is 0.795. The third-order valence-electron chi connectivity index (χ3n) is 7.57. The summed E-state index contributed by atoms with van der Waals surface area (Å²) < 4.78 is 48.0. The van der Waals surface area contributed by atoms with E-state index in [1.807, 2.05) is 78.9 Å². The number of para-hydroxylation sites is 2. The Morgan fingerprint density at radius 3 is 2.14 bits per heavy atom. The van der Waals surface area contributed by atoms with E-state index in [9.17, 15) is 18.3 Å². The molecule has 5 rings (SSSR count). The molecule has 0 aliphatic carbocycles. The molecule has 1 saturated heterocycles. The van der Waals surface area contributed by atoms with E-state index in [2.05, 4.69) is 10.3 Å². The van der Waals surface area contributed by atoms with Gasteiger partial charge in [-0.1, -0.05) is 78.1 Å². The zero-order valence-corrected chi connectivity index (χ0v) is 26.5. The standard InChI is InChI=1S/C32H35N3O7S2/c1-21-30(43-31(33-21)34-22(2)36)44(38,39)35-19-25(37)18-24(35)20-42-32(23-12-6-5-7-13-23,26-14-8-10-16-28(26)40-3)27-15-9-11-17-29(27)41-4/h5-17,24-25,37H,18-20H2,1-4H3,(H,33,34,36). The predicted octanol–water partition coefficient (Wildman–Crippen LogP) is 4.56. The predicted molar refractivity (Wildman–Crippen MR) is 168 cm³/mol. The molecule has 1 aromatic heterocycles. The topological polar surface area (TPSA) is 127 Å². The van der Waals surface area contributed by atoms with Crippen LogP contribution in [0.3, 0.4) is 0 Å². The number of carbonyl (C=O) groups is 1. The minimum atomic E-state index is -4.10. The second-order valence-corrected chi connectivity index (χ2v) is 13.5. The minimum absolute atomic E-state index is 0.00382. The largest absolute Gasteiger partial charge is 0.496 e. The van der Waals surface area contributed by atoms with Gasteiger partial charge >= 0.3 is 0 Å². The van der Waals surface area contributed by atoms with Crippen LogP contribution in [-0.4, -0.2) is 68.2 Å². The van der Waals surface area contributed by atoms with Gasteiger partial charge in [-0.3, -0.25) is 4.79 Å². The molecule has 0 bridgehead atoms. The molecule has 2 N–H and O–H groups in total. The second-order valence-electron chi connectivity index (χ2n) is 10.4. The van der Waals surface area contributed by atoms with E-state index in [0.717, 1.165) is 16.9 Å². The number of hydrogen-bond acceptors (Lipinski definition) is 9. The van der Waals surface area contributed by atoms with E-state index in [-0.39, 0.29) is 40.5 Å². The number of β-amino-alcohol motifs (C(OH)–C–C–N with tert-alkyl or cyclic N) is 1. The number of thiazole rings is 1. The maximum Gasteiger partial charge on any atom is 0.254 e. The molecule has 1 aliphatic heterocycles. The zero-order valence-electron chi connectivity index (χ0n) is 24.9. The fourth-order valence-corrected chi connectivity index (χ4v) is 8.93. The first-order chi connectivity index (χ1) is 21.1. The smallest absolute Gasteiger partial charge is 0.254 e. The number of aliphatic hydroxyl groups is 1. The maximum atomic E-state index is 14.0. The minimum Gasteiger partial charge on any atom is -0.496 e. The normalized spacial score (nSPS) is 17.4. The van der Waals surface area contributed by atoms with Crippen LogP contribution in [0.1, 0.15) is 35.7 Å². The lowest BCUT2D eigenvalue weighted by Crippen LogP contribution is -2.42. The highest BCUT2D eigenvalue weighted by molar-refractivity contribution is 7.91. The summed E-state index contributed by atoms with van der Waals surface area (Å²) in [5.41, 5.74) is 1.15. The summed E-state index contributed by atoms with van der Waals surface area (Å²) in [6.45, 7) is 2.73. The molecular formula is C32H35N3O7S2. The lowest BCUT2D eigenvalue weighted by Gasteiger charge is -2.38. The number of carbonyl (C=O) groups excluding carboxylic acids is 1. The Morgan fingerprint density at radius 2 is 1.57 bits per heavy atom. The Bertz CT molecular complexity index is 1680. The van der Waals surface area contributed by atoms with Gasteiger partial charge in [-0.05, 0) is 31.0 Å². The number of sulfonamides is 1. The Labute approximate surface area is 261 Å². The lowest BCUT2D eigenvalue weighted by molar-refractivity contribution is -0.114. The number of aromatic nitrogens is 1. The number of rotatable bonds is 11. The first-order valence-electron chi connectivity index (χ1n) is 14.0. The van der Waals surface area contributed by atoms with Gasteiger partial charge in [0.25, 0.3) is 10.0 Å². The molecule has 232 valence electrons. The van der Waals surface area contributed by atoms with E-state index < -0.39 is 27.8 Å². The van der Waals surface area contributed by atoms with Crippen molar-refractivity contribution < 1.29 is 32.5 Å². The number of anilines is 1. The van der Waals surface area contributed by atoms with E-state index in [0.29, 0.717) is 22.6 Å². The number of methoxy groups -OCH3 is 2. The van der Waals surface area contributed by atoms with Gasteiger partial charge in [-0.15, -0.1) is 0 Å². The quantitative estimate of drug-likeness (QED) is 0.229. The van der Waals surface area contributed by atoms with Gasteiger partial charge < -0.3 is 24.6 Å². The average molecular weight is 638 g/mol. The highest BCUT2D eigenvalue weighted by Gasteiger charge is 2.46. The molecular weight excluding hydrogens is 603 g/mol. The van der Waals surface area contributed by atoms with Crippen molar-refractivity contribution in [1.29, 1.82) is 0 Å². The van der Waals surface area contributed by atoms with Crippen LogP contribution >= 0.6 is 11.3 Å². The molecule has 12 heteroatoms. The summed E-state index contributed by atoms with van der Waals surface area (Å²) in [6, 6.07) is 24.0. The molecule has 0 saturated carbocycles. The zero-order chi connectivity index (χ0) is 31.5. The van der Waals surface area contributed by atoms with E-state index in [1.165, 1.54) is 11.2 Å². The van der Waals surface area contributed by atoms with Gasteiger partial charge in [-0.2, -0.15) is 4.31 Å². The van der Waals surface area contributed by atoms with Gasteiger partial charge in [0.1, 0.15) is 11.5 Å². The van der Waals surface area contributed by atoms with Crippen LogP contribution in [0.15, 0.2) is 83.1 Å². The average Bonchev–Trinajstić information content (AvgIpc) is 3.60. The Hall–Kier alpha value is -3.81. The molecule has 2 unspecified atom stereocenters. The summed E-state index contributed by atoms with van der Waals surface area (Å²) in [6.07, 6.45) is -0.733. The third-order valence-corrected chi connectivity index (χ3v) is 11.1. The summed E-state index contributed by atoms with van der Waals surface area (Å²) >= 11 is 0.881. The van der Waals surface area contributed by atoms with Gasteiger partial charge in [0, 0.05) is 24.6 Å². The highest BCUT2D eigenvalue weighted by Crippen LogP contribution is 2.48. The van der Waals surface area contributed by atoms with Crippen molar-refractivity contribution >= 4 is 32.4 Å². The van der Waals surface area contributed by atoms with Crippen LogP contribution in [0.4, 0.5) is 5.13 Å². The number of amides is 1. The van der Waals surface area contributed by atoms with Gasteiger partial charge in [-0.25, -0.2) is 13.4 Å². The van der Waals surface area contributed by atoms with Crippen molar-refractivity contribution in [2.45, 2.75) is 42.2 Å². The SMILES string of the molecule is COc1ccccc1C(OCC1CC(O)CN1S(=O)(=O)c1sc(NC(C)=O)nc1C)(c1ccccc1)c1ccccc1OC. The summed E-state index contributed by atoms with van der Waals surface area (Å²) in [4.78, 5) is 15.8. The molecule has 2 atom stereocenters. The molecule has 44 heavy (non-hydrogen) atoms. The maximum absolute atomic E-state index is 14.0. The molecule has 0 radical (unpaired) electrons. The number of aryl methyl sites for hydroxylation is 1. The number of nitrogens with one attached hydrogen (secondary N) is 1. The molecule has 1 amide bonds. The first-order valence-corrected chi connectivity index (χ1v) is 16.3. The molecule has 10 nitrogen and oxygen atoms in total. The molecule has 1 fully saturated rings. The fourth-order valence-electron chi connectivity index (χ4n) is 5.70. The molecule has 1 aliphatic rings. The monoisotopic (exact) mass is 637 g/mol. The van der Waals surface area contributed by atoms with Crippen LogP contribution in [0, 0.1) is 6.92 Å². The van der Waals surface area contributed by atoms with E-state index >= 15 is 0 Å². The van der Waals surface area contributed by atoms with Gasteiger partial charge in [0.05, 0.1) is 38.7 Å². The van der Waals surface area contributed by atoms with Gasteiger partial charge in [0.15, 0.2) is 14.9 Å². The van der Waals surface area contributed by atoms with Crippen LogP contribution in [-0.2, 0) is 25.2 Å². The Balaban J connectivity index is 1.62. The molecule has 2 heterocycles. The van der Waals surface area contributed by atoms with Crippen LogP contribution in [0.25, 0.3) is 0 Å². The number of benzene rings is 3. The lowest BCUT2D eigenvalue weighted by atomic mass is 9.79. The first kappa shape index (κ1) is 31.6. The van der Waals surface area contributed by atoms with Gasteiger partial charge in [0.2, 0.25) is 5.91 Å². The van der Waals surface area contributed by atoms with Crippen molar-refractivity contribution in [3.8, 4) is 11.5 Å². The number of hydrogen-bond donors (Lipinski definition) is 2. The number of aliphatic hydroxyl groups excluding tert-OH is 1. The van der Waals surface area contributed by atoms with Crippen molar-refractivity contribution in [1.82, 2.24) is 9.29 Å². The van der Waals surface area contributed by atoms with E-state index in [4.69, 9.17) is 14.2 Å². The van der Waals surface area contributed by atoms with Crippen LogP contribution in [0.2, 0.25) is 0 Å². The third kappa shape index (κ3) is 5.95. The van der Waals surface area contributed by atoms with Crippen molar-refractivity contribution in [3.63, 3.8) is 0 Å². The van der Waals surface area contributed by atoms with Crippen LogP contribution in [0.5, 0.6) is 11.5 Å². The summed E-state index contributed by atoms with van der Waals surface area (Å²) in [5, 5.41) is 13.5. The molecule has 3 aromatic carbocycles. The number of ether oxygens (including phenoxy) is 3. The van der Waals surface area contributed by atoms with Crippen LogP contribution < -0.4 is 14.8 Å². The summed E-state index contributed by atoms with van der Waals surface area (Å²) in [7, 11) is -0.928. The van der Waals surface area contributed by atoms with Crippen molar-refractivity contribution in [3.05, 3.63) is 101 Å². The Kier molecular flexibility index (Phi) is 9.37. The van der Waals surface area contributed by atoms with Crippen molar-refractivity contribution in [2.75, 3.05) is 32.7 Å². The fraction of sp³-hybridized carbons (Fsp3) is 0.312. The highest BCUT2D eigenvalue weighted by atomic mass is 32.2. The molecule has 0 spiro atoms.